The molecule has 0 atom stereocenters. The van der Waals surface area contributed by atoms with Crippen molar-refractivity contribution in [2.75, 3.05) is 0 Å². The molecule has 0 amide bonds. The van der Waals surface area contributed by atoms with Crippen LogP contribution in [0.2, 0.25) is 0 Å². The highest BCUT2D eigenvalue weighted by Crippen LogP contribution is 2.20. The lowest BCUT2D eigenvalue weighted by Gasteiger charge is -2.10. The Morgan fingerprint density at radius 2 is 1.69 bits per heavy atom. The Kier molecular flexibility index (Phi) is 5.27. The minimum Gasteiger partial charge on any atom is -0.250 e. The second-order valence-electron chi connectivity index (χ2n) is 6.75. The van der Waals surface area contributed by atoms with E-state index in [1.54, 1.807) is 0 Å². The first kappa shape index (κ1) is 18.0. The van der Waals surface area contributed by atoms with E-state index in [1.165, 1.54) is 11.1 Å². The standard InChI is InChI=1S/C23H25N3/c1-6-10-19-21(15(2)3)22(18-13-8-7-11-16(18)4)26-23(25-19)20-14-9-12-17(5)24-20/h7-14H,6H2,1-5H3/b19-10+. The van der Waals surface area contributed by atoms with Crippen LogP contribution in [0.15, 0.2) is 42.5 Å². The number of aryl methyl sites for hydroxylation is 2. The molecular formula is C23H25N3. The fraction of sp³-hybridized carbons (Fsp3) is 0.261. The van der Waals surface area contributed by atoms with Crippen LogP contribution in [0.25, 0.3) is 34.4 Å². The number of nitrogens with zero attached hydrogens (tertiary/aromatic N) is 3. The van der Waals surface area contributed by atoms with Gasteiger partial charge in [0.25, 0.3) is 0 Å². The maximum absolute atomic E-state index is 4.96. The van der Waals surface area contributed by atoms with Crippen LogP contribution in [0, 0.1) is 13.8 Å². The molecule has 0 fully saturated rings. The van der Waals surface area contributed by atoms with Crippen LogP contribution in [0.1, 0.15) is 38.4 Å². The number of rotatable bonds is 3. The topological polar surface area (TPSA) is 38.7 Å². The van der Waals surface area contributed by atoms with Crippen molar-refractivity contribution < 1.29 is 0 Å². The molecule has 1 aromatic carbocycles. The van der Waals surface area contributed by atoms with Crippen LogP contribution in [0.3, 0.4) is 0 Å². The first-order chi connectivity index (χ1) is 12.5. The zero-order valence-corrected chi connectivity index (χ0v) is 16.2. The Hall–Kier alpha value is -2.81. The van der Waals surface area contributed by atoms with Gasteiger partial charge in [0.15, 0.2) is 5.82 Å². The number of hydrogen-bond acceptors (Lipinski definition) is 3. The first-order valence-electron chi connectivity index (χ1n) is 9.07. The summed E-state index contributed by atoms with van der Waals surface area (Å²) in [5.41, 5.74) is 6.32. The molecule has 132 valence electrons. The minimum absolute atomic E-state index is 0.677. The van der Waals surface area contributed by atoms with Crippen molar-refractivity contribution in [2.24, 2.45) is 0 Å². The second kappa shape index (κ2) is 7.61. The maximum Gasteiger partial charge on any atom is 0.179 e. The Morgan fingerprint density at radius 3 is 2.35 bits per heavy atom. The van der Waals surface area contributed by atoms with Gasteiger partial charge in [0.2, 0.25) is 0 Å². The van der Waals surface area contributed by atoms with Gasteiger partial charge >= 0.3 is 0 Å². The van der Waals surface area contributed by atoms with Gasteiger partial charge in [0.1, 0.15) is 5.69 Å². The van der Waals surface area contributed by atoms with Crippen molar-refractivity contribution in [2.45, 2.75) is 41.0 Å². The lowest BCUT2D eigenvalue weighted by molar-refractivity contribution is 1.06. The lowest BCUT2D eigenvalue weighted by Crippen LogP contribution is -2.33. The van der Waals surface area contributed by atoms with E-state index in [4.69, 9.17) is 9.97 Å². The molecule has 0 aliphatic rings. The van der Waals surface area contributed by atoms with Crippen molar-refractivity contribution >= 4 is 11.6 Å². The number of aromatic nitrogens is 3. The molecule has 0 N–H and O–H groups in total. The summed E-state index contributed by atoms with van der Waals surface area (Å²) >= 11 is 0. The highest BCUT2D eigenvalue weighted by molar-refractivity contribution is 5.69. The summed E-state index contributed by atoms with van der Waals surface area (Å²) in [5.74, 6) is 0.677. The van der Waals surface area contributed by atoms with Gasteiger partial charge in [0, 0.05) is 16.5 Å². The van der Waals surface area contributed by atoms with Gasteiger partial charge in [-0.15, -0.1) is 0 Å². The van der Waals surface area contributed by atoms with Crippen LogP contribution >= 0.6 is 0 Å². The molecule has 2 heterocycles. The molecule has 2 aromatic heterocycles. The monoisotopic (exact) mass is 343 g/mol. The summed E-state index contributed by atoms with van der Waals surface area (Å²) < 4.78 is 0. The number of hydrogen-bond donors (Lipinski definition) is 0. The van der Waals surface area contributed by atoms with Gasteiger partial charge in [-0.25, -0.2) is 15.0 Å². The summed E-state index contributed by atoms with van der Waals surface area (Å²) in [6.45, 7) is 10.5. The third-order valence-corrected chi connectivity index (χ3v) is 4.35. The lowest BCUT2D eigenvalue weighted by atomic mass is 10.0. The average molecular weight is 343 g/mol. The fourth-order valence-corrected chi connectivity index (χ4v) is 3.13. The fourth-order valence-electron chi connectivity index (χ4n) is 3.13. The molecule has 3 rings (SSSR count). The molecule has 3 aromatic rings. The molecule has 0 saturated heterocycles. The third-order valence-electron chi connectivity index (χ3n) is 4.35. The van der Waals surface area contributed by atoms with E-state index in [0.717, 1.165) is 39.6 Å². The van der Waals surface area contributed by atoms with Crippen molar-refractivity contribution in [1.29, 1.82) is 0 Å². The molecule has 3 nitrogen and oxygen atoms in total. The van der Waals surface area contributed by atoms with Crippen LogP contribution in [0.5, 0.6) is 0 Å². The quantitative estimate of drug-likeness (QED) is 0.715. The second-order valence-corrected chi connectivity index (χ2v) is 6.75. The smallest absolute Gasteiger partial charge is 0.179 e. The molecule has 0 bridgehead atoms. The van der Waals surface area contributed by atoms with Crippen molar-refractivity contribution in [3.8, 4) is 22.8 Å². The highest BCUT2D eigenvalue weighted by atomic mass is 14.9. The SMILES string of the molecule is CC/C=c1/nc(-c2cccc(C)n2)nc(-c2ccccc2C)c1=C(C)C. The van der Waals surface area contributed by atoms with E-state index in [0.29, 0.717) is 5.82 Å². The van der Waals surface area contributed by atoms with Gasteiger partial charge < -0.3 is 0 Å². The summed E-state index contributed by atoms with van der Waals surface area (Å²) in [7, 11) is 0. The third kappa shape index (κ3) is 3.57. The van der Waals surface area contributed by atoms with Crippen LogP contribution in [-0.4, -0.2) is 15.0 Å². The molecule has 0 aliphatic carbocycles. The van der Waals surface area contributed by atoms with Gasteiger partial charge in [0.05, 0.1) is 11.0 Å². The molecule has 0 aliphatic heterocycles. The van der Waals surface area contributed by atoms with E-state index in [-0.39, 0.29) is 0 Å². The van der Waals surface area contributed by atoms with Gasteiger partial charge in [-0.3, -0.25) is 0 Å². The normalized spacial score (nSPS) is 11.7. The van der Waals surface area contributed by atoms with Crippen molar-refractivity contribution in [1.82, 2.24) is 15.0 Å². The number of benzene rings is 1. The van der Waals surface area contributed by atoms with Gasteiger partial charge in [-0.1, -0.05) is 48.9 Å². The van der Waals surface area contributed by atoms with E-state index in [2.05, 4.69) is 63.0 Å². The van der Waals surface area contributed by atoms with E-state index in [9.17, 15) is 0 Å². The summed E-state index contributed by atoms with van der Waals surface area (Å²) in [5, 5.41) is 2.11. The zero-order valence-electron chi connectivity index (χ0n) is 16.2. The summed E-state index contributed by atoms with van der Waals surface area (Å²) in [4.78, 5) is 14.5. The predicted molar refractivity (Wildman–Crippen MR) is 109 cm³/mol. The Balaban J connectivity index is 2.44. The molecular weight excluding hydrogens is 318 g/mol. The maximum atomic E-state index is 4.96. The zero-order chi connectivity index (χ0) is 18.7. The van der Waals surface area contributed by atoms with Gasteiger partial charge in [-0.2, -0.15) is 0 Å². The van der Waals surface area contributed by atoms with E-state index in [1.807, 2.05) is 25.1 Å². The average Bonchev–Trinajstić information content (AvgIpc) is 2.61. The van der Waals surface area contributed by atoms with Crippen LogP contribution < -0.4 is 10.6 Å². The number of pyridine rings is 1. The Labute approximate surface area is 155 Å². The molecule has 0 saturated carbocycles. The van der Waals surface area contributed by atoms with Crippen molar-refractivity contribution in [3.05, 3.63) is 64.3 Å². The van der Waals surface area contributed by atoms with Crippen molar-refractivity contribution in [3.63, 3.8) is 0 Å². The predicted octanol–water partition coefficient (Wildman–Crippen LogP) is 4.20. The van der Waals surface area contributed by atoms with Gasteiger partial charge in [-0.05, 0) is 51.8 Å². The summed E-state index contributed by atoms with van der Waals surface area (Å²) in [6, 6.07) is 14.3. The minimum atomic E-state index is 0.677. The highest BCUT2D eigenvalue weighted by Gasteiger charge is 2.12. The van der Waals surface area contributed by atoms with E-state index < -0.39 is 0 Å². The molecule has 0 spiro atoms. The molecule has 26 heavy (non-hydrogen) atoms. The van der Waals surface area contributed by atoms with Crippen LogP contribution in [0.4, 0.5) is 0 Å². The van der Waals surface area contributed by atoms with Crippen LogP contribution in [-0.2, 0) is 0 Å². The first-order valence-corrected chi connectivity index (χ1v) is 9.07. The summed E-state index contributed by atoms with van der Waals surface area (Å²) in [6.07, 6.45) is 3.09. The largest absolute Gasteiger partial charge is 0.250 e. The van der Waals surface area contributed by atoms with E-state index >= 15 is 0 Å². The Bertz CT molecular complexity index is 1060. The molecule has 0 unspecified atom stereocenters. The Morgan fingerprint density at radius 1 is 0.923 bits per heavy atom. The molecule has 0 radical (unpaired) electrons. The molecule has 3 heteroatoms.